The number of benzene rings is 2. The minimum Gasteiger partial charge on any atom is -0.507 e. The number of nitrogens with zero attached hydrogens (tertiary/aromatic N) is 1. The highest BCUT2D eigenvalue weighted by atomic mass is 35.5. The number of ketones is 1. The predicted octanol–water partition coefficient (Wildman–Crippen LogP) is 5.32. The van der Waals surface area contributed by atoms with Crippen molar-refractivity contribution in [3.05, 3.63) is 64.5 Å². The first kappa shape index (κ1) is 23.1. The van der Waals surface area contributed by atoms with Gasteiger partial charge in [-0.3, -0.25) is 9.69 Å². The van der Waals surface area contributed by atoms with E-state index in [4.69, 9.17) is 0 Å². The fourth-order valence-electron chi connectivity index (χ4n) is 3.01. The Kier molecular flexibility index (Phi) is 8.00. The first-order valence-electron chi connectivity index (χ1n) is 9.07. The molecule has 2 aromatic rings. The van der Waals surface area contributed by atoms with Gasteiger partial charge in [-0.1, -0.05) is 46.8 Å². The van der Waals surface area contributed by atoms with Gasteiger partial charge in [0.15, 0.2) is 5.78 Å². The summed E-state index contributed by atoms with van der Waals surface area (Å²) in [6, 6.07) is 9.38. The molecule has 27 heavy (non-hydrogen) atoms. The van der Waals surface area contributed by atoms with Crippen molar-refractivity contribution < 1.29 is 14.3 Å². The van der Waals surface area contributed by atoms with Crippen LogP contribution in [0.15, 0.2) is 36.4 Å². The van der Waals surface area contributed by atoms with Crippen LogP contribution in [0.25, 0.3) is 0 Å². The number of phenolic OH excluding ortho intramolecular Hbond substituents is 1. The molecule has 2 aromatic carbocycles. The first-order valence-corrected chi connectivity index (χ1v) is 9.07. The Morgan fingerprint density at radius 3 is 2.22 bits per heavy atom. The Morgan fingerprint density at radius 1 is 1.11 bits per heavy atom. The number of hydrogen-bond acceptors (Lipinski definition) is 3. The van der Waals surface area contributed by atoms with Crippen LogP contribution >= 0.6 is 12.4 Å². The van der Waals surface area contributed by atoms with Crippen LogP contribution in [0.4, 0.5) is 4.39 Å². The minimum atomic E-state index is -0.534. The molecular weight excluding hydrogens is 365 g/mol. The van der Waals surface area contributed by atoms with Crippen LogP contribution in [-0.4, -0.2) is 28.9 Å². The van der Waals surface area contributed by atoms with E-state index < -0.39 is 5.82 Å². The van der Waals surface area contributed by atoms with Gasteiger partial charge in [0.25, 0.3) is 0 Å². The first-order chi connectivity index (χ1) is 12.2. The molecule has 2 rings (SSSR count). The maximum atomic E-state index is 14.1. The topological polar surface area (TPSA) is 40.5 Å². The predicted molar refractivity (Wildman–Crippen MR) is 111 cm³/mol. The second kappa shape index (κ2) is 9.34. The molecule has 0 unspecified atom stereocenters. The van der Waals surface area contributed by atoms with Gasteiger partial charge in [-0.05, 0) is 42.8 Å². The summed E-state index contributed by atoms with van der Waals surface area (Å²) in [5, 5.41) is 10.8. The lowest BCUT2D eigenvalue weighted by molar-refractivity contribution is 0.103. The van der Waals surface area contributed by atoms with Crippen molar-refractivity contribution in [2.45, 2.75) is 46.6 Å². The van der Waals surface area contributed by atoms with E-state index in [1.54, 1.807) is 24.3 Å². The molecule has 5 heteroatoms. The molecule has 0 atom stereocenters. The normalized spacial score (nSPS) is 11.4. The highest BCUT2D eigenvalue weighted by Crippen LogP contribution is 2.35. The number of aromatic hydroxyl groups is 1. The molecule has 148 valence electrons. The Morgan fingerprint density at radius 2 is 1.70 bits per heavy atom. The molecule has 3 nitrogen and oxygen atoms in total. The number of phenols is 1. The number of carbonyl (C=O) groups excluding carboxylic acids is 1. The van der Waals surface area contributed by atoms with Crippen LogP contribution in [-0.2, 0) is 12.0 Å². The summed E-state index contributed by atoms with van der Waals surface area (Å²) in [5.41, 5.74) is 1.50. The summed E-state index contributed by atoms with van der Waals surface area (Å²) in [5.74, 6) is -0.683. The summed E-state index contributed by atoms with van der Waals surface area (Å²) in [6.07, 6.45) is 0. The van der Waals surface area contributed by atoms with Crippen LogP contribution in [0.3, 0.4) is 0 Å². The standard InChI is InChI=1S/C22H28FNO2.ClH/c1-6-24(7-2)14-16-12-15(13-18(21(16)26)22(3,4)5)20(25)17-10-8-9-11-19(17)23;/h8-13,26H,6-7,14H2,1-5H3;1H. The van der Waals surface area contributed by atoms with Gasteiger partial charge in [0.05, 0.1) is 5.56 Å². The van der Waals surface area contributed by atoms with Crippen molar-refractivity contribution in [2.24, 2.45) is 0 Å². The highest BCUT2D eigenvalue weighted by molar-refractivity contribution is 6.09. The lowest BCUT2D eigenvalue weighted by Gasteiger charge is -2.25. The number of halogens is 2. The lowest BCUT2D eigenvalue weighted by atomic mass is 9.83. The molecule has 1 N–H and O–H groups in total. The van der Waals surface area contributed by atoms with Crippen molar-refractivity contribution in [2.75, 3.05) is 13.1 Å². The smallest absolute Gasteiger partial charge is 0.195 e. The van der Waals surface area contributed by atoms with Gasteiger partial charge in [-0.2, -0.15) is 0 Å². The molecule has 0 radical (unpaired) electrons. The van der Waals surface area contributed by atoms with E-state index in [9.17, 15) is 14.3 Å². The van der Waals surface area contributed by atoms with Gasteiger partial charge in [0.2, 0.25) is 0 Å². The van der Waals surface area contributed by atoms with Crippen molar-refractivity contribution >= 4 is 18.2 Å². The Hall–Kier alpha value is -1.91. The minimum absolute atomic E-state index is 0. The zero-order valence-electron chi connectivity index (χ0n) is 16.7. The maximum Gasteiger partial charge on any atom is 0.195 e. The van der Waals surface area contributed by atoms with E-state index in [2.05, 4.69) is 18.7 Å². The van der Waals surface area contributed by atoms with Gasteiger partial charge in [-0.15, -0.1) is 12.4 Å². The van der Waals surface area contributed by atoms with Gasteiger partial charge in [0, 0.05) is 23.2 Å². The van der Waals surface area contributed by atoms with Crippen LogP contribution in [0, 0.1) is 5.82 Å². The fourth-order valence-corrected chi connectivity index (χ4v) is 3.01. The van der Waals surface area contributed by atoms with Crippen LogP contribution in [0.1, 0.15) is 61.7 Å². The van der Waals surface area contributed by atoms with E-state index in [0.29, 0.717) is 23.2 Å². The summed E-state index contributed by atoms with van der Waals surface area (Å²) >= 11 is 0. The molecular formula is C22H29ClFNO2. The lowest BCUT2D eigenvalue weighted by Crippen LogP contribution is -2.23. The summed E-state index contributed by atoms with van der Waals surface area (Å²) in [6.45, 7) is 12.3. The Labute approximate surface area is 167 Å². The molecule has 0 aromatic heterocycles. The van der Waals surface area contributed by atoms with Crippen LogP contribution in [0.5, 0.6) is 5.75 Å². The van der Waals surface area contributed by atoms with Crippen molar-refractivity contribution in [1.29, 1.82) is 0 Å². The molecule has 0 aliphatic carbocycles. The second-order valence-electron chi connectivity index (χ2n) is 7.55. The highest BCUT2D eigenvalue weighted by Gasteiger charge is 2.24. The number of carbonyl (C=O) groups is 1. The van der Waals surface area contributed by atoms with E-state index in [1.807, 2.05) is 20.8 Å². The molecule has 0 spiro atoms. The zero-order chi connectivity index (χ0) is 19.5. The van der Waals surface area contributed by atoms with Gasteiger partial charge in [-0.25, -0.2) is 4.39 Å². The molecule has 0 saturated carbocycles. The molecule has 0 heterocycles. The average molecular weight is 394 g/mol. The monoisotopic (exact) mass is 393 g/mol. The second-order valence-corrected chi connectivity index (χ2v) is 7.55. The van der Waals surface area contributed by atoms with Gasteiger partial charge in [0.1, 0.15) is 11.6 Å². The maximum absolute atomic E-state index is 14.1. The molecule has 0 bridgehead atoms. The third-order valence-electron chi connectivity index (χ3n) is 4.67. The molecule has 0 amide bonds. The number of rotatable bonds is 6. The summed E-state index contributed by atoms with van der Waals surface area (Å²) in [4.78, 5) is 15.1. The van der Waals surface area contributed by atoms with E-state index >= 15 is 0 Å². The molecule has 0 fully saturated rings. The quantitative estimate of drug-likeness (QED) is 0.675. The van der Waals surface area contributed by atoms with Crippen molar-refractivity contribution in [3.63, 3.8) is 0 Å². The SMILES string of the molecule is CCN(CC)Cc1cc(C(=O)c2ccccc2F)cc(C(C)(C)C)c1O.Cl. The Balaban J connectivity index is 0.00000364. The molecule has 0 aliphatic rings. The van der Waals surface area contributed by atoms with Gasteiger partial charge >= 0.3 is 0 Å². The average Bonchev–Trinajstić information content (AvgIpc) is 2.59. The van der Waals surface area contributed by atoms with Crippen molar-refractivity contribution in [1.82, 2.24) is 4.90 Å². The van der Waals surface area contributed by atoms with E-state index in [1.165, 1.54) is 12.1 Å². The summed E-state index contributed by atoms with van der Waals surface area (Å²) in [7, 11) is 0. The van der Waals surface area contributed by atoms with Crippen molar-refractivity contribution in [3.8, 4) is 5.75 Å². The fraction of sp³-hybridized carbons (Fsp3) is 0.409. The third-order valence-corrected chi connectivity index (χ3v) is 4.67. The number of hydrogen-bond donors (Lipinski definition) is 1. The largest absolute Gasteiger partial charge is 0.507 e. The molecule has 0 saturated heterocycles. The summed E-state index contributed by atoms with van der Waals surface area (Å²) < 4.78 is 14.1. The van der Waals surface area contributed by atoms with Crippen LogP contribution in [0.2, 0.25) is 0 Å². The van der Waals surface area contributed by atoms with Crippen LogP contribution < -0.4 is 0 Å². The van der Waals surface area contributed by atoms with E-state index in [0.717, 1.165) is 13.1 Å². The Bertz CT molecular complexity index is 795. The third kappa shape index (κ3) is 5.30. The van der Waals surface area contributed by atoms with E-state index in [-0.39, 0.29) is 34.9 Å². The molecule has 0 aliphatic heterocycles. The van der Waals surface area contributed by atoms with Gasteiger partial charge < -0.3 is 5.11 Å². The zero-order valence-corrected chi connectivity index (χ0v) is 17.5.